The van der Waals surface area contributed by atoms with E-state index in [0.29, 0.717) is 114 Å². The highest BCUT2D eigenvalue weighted by Gasteiger charge is 2.56. The summed E-state index contributed by atoms with van der Waals surface area (Å²) in [7, 11) is 0. The van der Waals surface area contributed by atoms with Gasteiger partial charge in [0.2, 0.25) is 59.1 Å². The van der Waals surface area contributed by atoms with E-state index in [9.17, 15) is 78.0 Å². The van der Waals surface area contributed by atoms with E-state index < -0.39 is 119 Å². The van der Waals surface area contributed by atoms with Gasteiger partial charge < -0.3 is 140 Å². The molecule has 0 unspecified atom stereocenters. The largest absolute Gasteiger partial charge is 0.508 e. The molecule has 0 saturated heterocycles. The second-order valence-corrected chi connectivity index (χ2v) is 33.0. The van der Waals surface area contributed by atoms with Gasteiger partial charge in [-0.1, -0.05) is 50.1 Å². The van der Waals surface area contributed by atoms with Crippen LogP contribution in [0.15, 0.2) is 124 Å². The first kappa shape index (κ1) is 109. The van der Waals surface area contributed by atoms with Crippen LogP contribution in [0.5, 0.6) is 46.0 Å². The fourth-order valence-electron chi connectivity index (χ4n) is 14.9. The van der Waals surface area contributed by atoms with E-state index in [2.05, 4.69) is 134 Å². The lowest BCUT2D eigenvalue weighted by atomic mass is 9.77. The summed E-state index contributed by atoms with van der Waals surface area (Å²) in [5, 5.41) is 91.1. The molecular formula is C90H118N24O22S2+2. The SMILES string of the molecule is CC(=O)N[C@@H](CC(C)C)C(=O)N[C@H](CC(=O)NCCNCC[NH3+])C(=O)N[C@@H](CC(=O)NCCNCCNC(=S)Nc1ccc2c(c1)C(=O)OC21c2ccc(O)cc2Oc2cc(O)ccc21)C(=O)NCCOCCN=[N+]=[N-].CC(=O)N[C@H](CC(C)C)C(=O)N[C@@H](CC(=O)NCCNCC[NH3+])C(=O)NCCOCCN=[N+]=[N-].O=C1OC2(c3ccc(O)cc3Oc3cc(O)ccc32)c2ccc(N=C=S)cc21. The van der Waals surface area contributed by atoms with E-state index >= 15 is 0 Å². The summed E-state index contributed by atoms with van der Waals surface area (Å²) in [6.07, 6.45) is -0.727. The second kappa shape index (κ2) is 55.0. The lowest BCUT2D eigenvalue weighted by Crippen LogP contribution is -2.58. The highest BCUT2D eigenvalue weighted by Crippen LogP contribution is 2.59. The Bertz CT molecular complexity index is 5400. The summed E-state index contributed by atoms with van der Waals surface area (Å²) in [5.41, 5.74) is 26.4. The number of carbonyl (C=O) groups excluding carboxylic acids is 12. The van der Waals surface area contributed by atoms with Gasteiger partial charge in [-0.25, -0.2) is 9.59 Å². The van der Waals surface area contributed by atoms with E-state index in [0.717, 1.165) is 13.1 Å². The zero-order valence-electron chi connectivity index (χ0n) is 77.1. The van der Waals surface area contributed by atoms with Crippen LogP contribution in [0.25, 0.3) is 20.9 Å². The third-order valence-corrected chi connectivity index (χ3v) is 21.2. The van der Waals surface area contributed by atoms with Gasteiger partial charge in [-0.05, 0) is 133 Å². The van der Waals surface area contributed by atoms with Crippen molar-refractivity contribution in [3.8, 4) is 46.0 Å². The number of anilines is 1. The van der Waals surface area contributed by atoms with Crippen molar-refractivity contribution in [2.75, 3.05) is 136 Å². The maximum absolute atomic E-state index is 13.9. The number of azide groups is 2. The molecule has 10 rings (SSSR count). The number of esters is 2. The van der Waals surface area contributed by atoms with Crippen molar-refractivity contribution in [3.05, 3.63) is 175 Å². The number of carbonyl (C=O) groups is 12. The Kier molecular flexibility index (Phi) is 43.4. The molecule has 0 aliphatic carbocycles. The van der Waals surface area contributed by atoms with Crippen molar-refractivity contribution in [1.29, 1.82) is 0 Å². The Morgan fingerprint density at radius 2 is 0.783 bits per heavy atom. The van der Waals surface area contributed by atoms with Gasteiger partial charge >= 0.3 is 11.9 Å². The summed E-state index contributed by atoms with van der Waals surface area (Å²) in [5.74, 6) is -5.93. The average molecular weight is 1950 g/mol. The zero-order valence-corrected chi connectivity index (χ0v) is 78.7. The Labute approximate surface area is 804 Å². The molecule has 25 N–H and O–H groups in total. The first-order valence-corrected chi connectivity index (χ1v) is 45.3. The topological polar surface area (TPSA) is 687 Å². The molecule has 46 nitrogen and oxygen atoms in total. The van der Waals surface area contributed by atoms with Crippen molar-refractivity contribution < 1.29 is 118 Å². The maximum Gasteiger partial charge on any atom is 0.340 e. The van der Waals surface area contributed by atoms with E-state index in [1.807, 2.05) is 27.7 Å². The van der Waals surface area contributed by atoms with Crippen LogP contribution in [0, 0.1) is 11.8 Å². The Balaban J connectivity index is 0.000000306. The van der Waals surface area contributed by atoms with Crippen LogP contribution in [0.2, 0.25) is 0 Å². The van der Waals surface area contributed by atoms with Crippen LogP contribution in [-0.2, 0) is 78.1 Å². The van der Waals surface area contributed by atoms with Crippen molar-refractivity contribution in [3.63, 3.8) is 0 Å². The molecule has 0 aromatic heterocycles. The molecule has 0 saturated carbocycles. The lowest BCUT2D eigenvalue weighted by molar-refractivity contribution is -0.365. The smallest absolute Gasteiger partial charge is 0.340 e. The van der Waals surface area contributed by atoms with Crippen LogP contribution in [0.4, 0.5) is 11.4 Å². The summed E-state index contributed by atoms with van der Waals surface area (Å²) < 4.78 is 34.6. The third kappa shape index (κ3) is 32.1. The van der Waals surface area contributed by atoms with Crippen molar-refractivity contribution in [1.82, 2.24) is 74.4 Å². The van der Waals surface area contributed by atoms with Crippen LogP contribution in [0.1, 0.15) is 128 Å². The number of isothiocyanates is 1. The number of ether oxygens (including phenoxy) is 6. The summed E-state index contributed by atoms with van der Waals surface area (Å²) in [6, 6.07) is 22.4. The van der Waals surface area contributed by atoms with Gasteiger partial charge in [-0.2, -0.15) is 4.99 Å². The maximum atomic E-state index is 13.9. The van der Waals surface area contributed by atoms with Crippen molar-refractivity contribution in [2.45, 2.75) is 115 Å². The molecule has 48 heteroatoms. The first-order valence-electron chi connectivity index (χ1n) is 44.5. The molecule has 5 atom stereocenters. The summed E-state index contributed by atoms with van der Waals surface area (Å²) in [4.78, 5) is 164. The normalized spacial score (nSPS) is 13.6. The minimum Gasteiger partial charge on any atom is -0.508 e. The number of benzene rings is 6. The van der Waals surface area contributed by atoms with Crippen LogP contribution in [0.3, 0.4) is 0 Å². The van der Waals surface area contributed by atoms with Crippen LogP contribution in [-0.4, -0.2) is 263 Å². The van der Waals surface area contributed by atoms with Gasteiger partial charge in [0.25, 0.3) is 0 Å². The number of aliphatic imine (C=N–C) groups is 1. The highest BCUT2D eigenvalue weighted by molar-refractivity contribution is 7.80. The van der Waals surface area contributed by atoms with Gasteiger partial charge in [0.05, 0.1) is 80.8 Å². The molecule has 0 fully saturated rings. The highest BCUT2D eigenvalue weighted by atomic mass is 32.1. The molecule has 0 bridgehead atoms. The zero-order chi connectivity index (χ0) is 100. The lowest BCUT2D eigenvalue weighted by Gasteiger charge is -2.36. The molecule has 6 aromatic rings. The number of hydrogen-bond donors (Lipinski definition) is 21. The molecule has 2 spiro atoms. The van der Waals surface area contributed by atoms with E-state index in [1.165, 1.54) is 62.4 Å². The van der Waals surface area contributed by atoms with Crippen LogP contribution < -0.4 is 101 Å². The van der Waals surface area contributed by atoms with Gasteiger partial charge in [0.15, 0.2) is 16.3 Å². The summed E-state index contributed by atoms with van der Waals surface area (Å²) in [6.45, 7) is 16.3. The van der Waals surface area contributed by atoms with Gasteiger partial charge in [0.1, 0.15) is 76.2 Å². The van der Waals surface area contributed by atoms with Crippen molar-refractivity contribution >= 4 is 117 Å². The standard InChI is InChI=1S/C49H66N14O12S.C21H11NO5S.C20H39N9O5/c1-28(2)22-37(59-29(3)64)45(70)62-39(27-43(68)54-15-12-52-11-10-50)46(71)61-38(44(69)56-18-20-73-21-19-58-63-51)26-42(67)55-16-13-53-14-17-57-48(76)60-30-4-7-34-33(23-30)47(72)75-49(34)35-8-5-31(65)24-40(35)74-41-25-32(66)6-9-36(41)49;23-12-2-5-16-18(8-12)26-19-9-13(24)3-6-17(19)21(16)15-4-1-11(22-10-28)7-14(15)20(25)27-21;1-14(2)12-16(27-15(3)30)20(33)28-17(13-18(31)24-7-6-23-5-4-21)19(32)25-8-10-34-11-9-26-29-22/h4-9,23-25,28,37-39,52-53,65-66H,10-22,26-27,50H2,1-3H3,(H,54,68)(H,55,67)(H,56,69)(H,59,64)(H,61,71)(H,62,70)(H2,57,60,76);1-9,23-24H;14,16-17,23H,4-13,21H2,1-3H3,(H,24,31)(H,25,32)(H,27,30)(H,28,33)/p+2/t37-,38-,39+;;16-,17+/m0.1/s1. The van der Waals surface area contributed by atoms with E-state index in [4.69, 9.17) is 51.7 Å². The summed E-state index contributed by atoms with van der Waals surface area (Å²) >= 11 is 10.2. The Morgan fingerprint density at radius 3 is 1.14 bits per heavy atom. The number of nitrogens with zero attached hydrogens (tertiary/aromatic N) is 7. The van der Waals surface area contributed by atoms with Gasteiger partial charge in [-0.15, -0.1) is 0 Å². The molecule has 138 heavy (non-hydrogen) atoms. The Morgan fingerprint density at radius 1 is 0.435 bits per heavy atom. The molecule has 4 aliphatic heterocycles. The number of quaternary nitrogens is 2. The predicted octanol–water partition coefficient (Wildman–Crippen LogP) is 1.55. The second-order valence-electron chi connectivity index (χ2n) is 32.4. The number of fused-ring (bicyclic) bond motifs is 12. The number of hydrogen-bond acceptors (Lipinski definition) is 30. The number of amides is 10. The predicted molar refractivity (Wildman–Crippen MR) is 508 cm³/mol. The number of thiocarbonyl (C=S) groups is 2. The third-order valence-electron chi connectivity index (χ3n) is 20.9. The van der Waals surface area contributed by atoms with E-state index in [-0.39, 0.29) is 148 Å². The van der Waals surface area contributed by atoms with Gasteiger partial charge in [0, 0.05) is 179 Å². The van der Waals surface area contributed by atoms with Crippen LogP contribution >= 0.6 is 24.4 Å². The molecule has 740 valence electrons. The Hall–Kier alpha value is -14.4. The number of nitrogens with one attached hydrogen (secondary N) is 15. The number of aromatic hydroxyl groups is 4. The number of phenols is 4. The molecule has 4 heterocycles. The minimum atomic E-state index is -1.52. The number of phenolic OH excluding ortho intramolecular Hbond substituents is 4. The molecular weight excluding hydrogens is 1830 g/mol. The van der Waals surface area contributed by atoms with Crippen molar-refractivity contribution in [2.24, 2.45) is 27.1 Å². The molecule has 0 radical (unpaired) electrons. The minimum absolute atomic E-state index is 0.00715. The number of rotatable bonds is 50. The first-order chi connectivity index (χ1) is 66.2. The fourth-order valence-corrected chi connectivity index (χ4v) is 15.2. The monoisotopic (exact) mass is 1950 g/mol. The van der Waals surface area contributed by atoms with Gasteiger partial charge in [-0.3, -0.25) is 47.9 Å². The molecule has 4 aliphatic rings. The quantitative estimate of drug-likeness (QED) is 0.00490. The fraction of sp³-hybridized carbons (Fsp3) is 0.444. The molecule has 10 amide bonds. The average Bonchev–Trinajstić information content (AvgIpc) is 1.53. The molecule has 6 aromatic carbocycles. The van der Waals surface area contributed by atoms with E-state index in [1.54, 1.807) is 60.7 Å².